The second-order valence-electron chi connectivity index (χ2n) is 7.13. The number of rotatable bonds is 5. The minimum atomic E-state index is -0.250. The Kier molecular flexibility index (Phi) is 7.18. The number of β-amino-alcohol motifs (C(OH)–C–C–N with tert-alkyl or cyclic N) is 1. The molecule has 0 spiro atoms. The number of nitrogens with zero attached hydrogens (tertiary/aromatic N) is 2. The van der Waals surface area contributed by atoms with Gasteiger partial charge in [0.2, 0.25) is 5.91 Å². The summed E-state index contributed by atoms with van der Waals surface area (Å²) in [5.41, 5.74) is 3.17. The van der Waals surface area contributed by atoms with Gasteiger partial charge in [0.15, 0.2) is 0 Å². The summed E-state index contributed by atoms with van der Waals surface area (Å²) < 4.78 is 5.51. The molecule has 152 valence electrons. The molecule has 4 rings (SSSR count). The van der Waals surface area contributed by atoms with Gasteiger partial charge in [0, 0.05) is 37.7 Å². The lowest BCUT2D eigenvalue weighted by atomic mass is 9.91. The molecule has 0 bridgehead atoms. The molecule has 0 saturated carbocycles. The summed E-state index contributed by atoms with van der Waals surface area (Å²) in [6.07, 6.45) is 3.51. The third-order valence-corrected chi connectivity index (χ3v) is 5.78. The fourth-order valence-electron chi connectivity index (χ4n) is 3.74. The standard InChI is InChI=1S/C18H23N3O3S.CH2O2/c22-14-3-5-21(9-14)10-16-15-8-13(1-2-17(15)24-20-16)19-18(23)7-12-4-6-25-11-12;2-1-3/h4,6,11,13-14,22H,1-3,5,7-10H2,(H,19,23);1H,(H,2,3)/t13?,14-;/m1./s1. The van der Waals surface area contributed by atoms with Crippen LogP contribution < -0.4 is 5.32 Å². The Bertz CT molecular complexity index is 777. The van der Waals surface area contributed by atoms with Crippen molar-refractivity contribution in [2.45, 2.75) is 50.8 Å². The van der Waals surface area contributed by atoms with Crippen LogP contribution in [0.5, 0.6) is 0 Å². The van der Waals surface area contributed by atoms with E-state index in [0.29, 0.717) is 19.5 Å². The van der Waals surface area contributed by atoms with Gasteiger partial charge in [-0.05, 0) is 41.7 Å². The molecule has 1 aliphatic carbocycles. The van der Waals surface area contributed by atoms with Gasteiger partial charge in [-0.25, -0.2) is 0 Å². The summed E-state index contributed by atoms with van der Waals surface area (Å²) in [6, 6.07) is 2.13. The predicted molar refractivity (Wildman–Crippen MR) is 103 cm³/mol. The first-order valence-electron chi connectivity index (χ1n) is 9.34. The highest BCUT2D eigenvalue weighted by Gasteiger charge is 2.29. The number of carbonyl (C=O) groups excluding carboxylic acids is 1. The van der Waals surface area contributed by atoms with Gasteiger partial charge in [0.1, 0.15) is 11.5 Å². The van der Waals surface area contributed by atoms with E-state index < -0.39 is 0 Å². The SMILES string of the molecule is O=C(Cc1ccsc1)NC1CCc2onc(CN3CC[C@@H](O)C3)c2C1.O=CO. The van der Waals surface area contributed by atoms with E-state index in [1.54, 1.807) is 11.3 Å². The lowest BCUT2D eigenvalue weighted by Crippen LogP contribution is -2.39. The van der Waals surface area contributed by atoms with E-state index in [9.17, 15) is 9.90 Å². The summed E-state index contributed by atoms with van der Waals surface area (Å²) in [5.74, 6) is 1.03. The Morgan fingerprint density at radius 3 is 2.96 bits per heavy atom. The normalized spacial score (nSPS) is 21.5. The van der Waals surface area contributed by atoms with Gasteiger partial charge in [0.05, 0.1) is 12.5 Å². The highest BCUT2D eigenvalue weighted by Crippen LogP contribution is 2.26. The van der Waals surface area contributed by atoms with Crippen LogP contribution in [0.4, 0.5) is 0 Å². The quantitative estimate of drug-likeness (QED) is 0.638. The number of aliphatic hydroxyl groups is 1. The summed E-state index contributed by atoms with van der Waals surface area (Å²) in [5, 5.41) is 28.0. The van der Waals surface area contributed by atoms with Crippen molar-refractivity contribution in [3.05, 3.63) is 39.4 Å². The van der Waals surface area contributed by atoms with E-state index in [-0.39, 0.29) is 24.5 Å². The van der Waals surface area contributed by atoms with E-state index in [4.69, 9.17) is 14.4 Å². The summed E-state index contributed by atoms with van der Waals surface area (Å²) in [6.45, 7) is 2.05. The predicted octanol–water partition coefficient (Wildman–Crippen LogP) is 1.22. The average molecular weight is 407 g/mol. The Morgan fingerprint density at radius 2 is 2.29 bits per heavy atom. The van der Waals surface area contributed by atoms with Crippen LogP contribution in [-0.4, -0.2) is 57.9 Å². The van der Waals surface area contributed by atoms with Gasteiger partial charge in [-0.3, -0.25) is 14.5 Å². The molecule has 1 saturated heterocycles. The van der Waals surface area contributed by atoms with E-state index in [0.717, 1.165) is 54.8 Å². The minimum Gasteiger partial charge on any atom is -0.483 e. The first-order valence-corrected chi connectivity index (χ1v) is 10.3. The molecule has 2 aromatic rings. The molecule has 2 aliphatic rings. The third kappa shape index (κ3) is 5.40. The Morgan fingerprint density at radius 1 is 1.46 bits per heavy atom. The zero-order valence-electron chi connectivity index (χ0n) is 15.5. The number of fused-ring (bicyclic) bond motifs is 1. The van der Waals surface area contributed by atoms with Crippen LogP contribution in [-0.2, 0) is 35.4 Å². The van der Waals surface area contributed by atoms with Crippen molar-refractivity contribution >= 4 is 23.7 Å². The minimum absolute atomic E-state index is 0.0764. The van der Waals surface area contributed by atoms with Crippen LogP contribution in [0.1, 0.15) is 35.4 Å². The monoisotopic (exact) mass is 407 g/mol. The maximum atomic E-state index is 12.2. The molecule has 28 heavy (non-hydrogen) atoms. The second-order valence-corrected chi connectivity index (χ2v) is 7.91. The van der Waals surface area contributed by atoms with Crippen molar-refractivity contribution in [3.63, 3.8) is 0 Å². The molecule has 2 aromatic heterocycles. The Balaban J connectivity index is 0.000000706. The van der Waals surface area contributed by atoms with Gasteiger partial charge >= 0.3 is 0 Å². The number of thiophene rings is 1. The number of amides is 1. The average Bonchev–Trinajstić information content (AvgIpc) is 3.39. The topological polar surface area (TPSA) is 116 Å². The molecule has 3 heterocycles. The van der Waals surface area contributed by atoms with Crippen molar-refractivity contribution in [1.82, 2.24) is 15.4 Å². The third-order valence-electron chi connectivity index (χ3n) is 5.05. The number of aliphatic hydroxyl groups excluding tert-OH is 1. The zero-order valence-corrected chi connectivity index (χ0v) is 16.4. The molecular weight excluding hydrogens is 382 g/mol. The van der Waals surface area contributed by atoms with Gasteiger partial charge < -0.3 is 20.1 Å². The maximum Gasteiger partial charge on any atom is 0.290 e. The summed E-state index contributed by atoms with van der Waals surface area (Å²) in [4.78, 5) is 22.8. The van der Waals surface area contributed by atoms with Gasteiger partial charge in [-0.15, -0.1) is 0 Å². The number of hydrogen-bond acceptors (Lipinski definition) is 7. The summed E-state index contributed by atoms with van der Waals surface area (Å²) in [7, 11) is 0. The fraction of sp³-hybridized carbons (Fsp3) is 0.526. The number of likely N-dealkylation sites (tertiary alicyclic amines) is 1. The van der Waals surface area contributed by atoms with Gasteiger partial charge in [-0.1, -0.05) is 5.16 Å². The van der Waals surface area contributed by atoms with Crippen LogP contribution in [0.25, 0.3) is 0 Å². The smallest absolute Gasteiger partial charge is 0.290 e. The van der Waals surface area contributed by atoms with Crippen LogP contribution in [0.15, 0.2) is 21.3 Å². The fourth-order valence-corrected chi connectivity index (χ4v) is 4.40. The molecule has 9 heteroatoms. The molecule has 1 fully saturated rings. The van der Waals surface area contributed by atoms with Crippen LogP contribution in [0, 0.1) is 0 Å². The van der Waals surface area contributed by atoms with Gasteiger partial charge in [-0.2, -0.15) is 11.3 Å². The number of hydrogen-bond donors (Lipinski definition) is 3. The second kappa shape index (κ2) is 9.81. The van der Waals surface area contributed by atoms with Crippen molar-refractivity contribution < 1.29 is 24.3 Å². The number of nitrogens with one attached hydrogen (secondary N) is 1. The number of carbonyl (C=O) groups is 2. The Labute approximate surface area is 167 Å². The lowest BCUT2D eigenvalue weighted by Gasteiger charge is -2.23. The van der Waals surface area contributed by atoms with E-state index in [2.05, 4.69) is 15.4 Å². The first kappa shape index (κ1) is 20.5. The van der Waals surface area contributed by atoms with Crippen molar-refractivity contribution in [3.8, 4) is 0 Å². The molecule has 0 aromatic carbocycles. The van der Waals surface area contributed by atoms with Crippen LogP contribution in [0.3, 0.4) is 0 Å². The largest absolute Gasteiger partial charge is 0.483 e. The molecular formula is C19H25N3O5S. The molecule has 8 nitrogen and oxygen atoms in total. The molecule has 1 unspecified atom stereocenters. The Hall–Kier alpha value is -2.23. The number of carboxylic acid groups (broad SMARTS) is 1. The zero-order chi connectivity index (χ0) is 19.9. The molecule has 2 atom stereocenters. The van der Waals surface area contributed by atoms with Crippen LogP contribution in [0.2, 0.25) is 0 Å². The summed E-state index contributed by atoms with van der Waals surface area (Å²) >= 11 is 1.61. The van der Waals surface area contributed by atoms with E-state index >= 15 is 0 Å². The molecule has 0 radical (unpaired) electrons. The van der Waals surface area contributed by atoms with E-state index in [1.165, 1.54) is 0 Å². The number of aromatic nitrogens is 1. The van der Waals surface area contributed by atoms with Crippen molar-refractivity contribution in [2.24, 2.45) is 0 Å². The molecule has 1 aliphatic heterocycles. The molecule has 3 N–H and O–H groups in total. The maximum absolute atomic E-state index is 12.2. The highest BCUT2D eigenvalue weighted by molar-refractivity contribution is 7.08. The van der Waals surface area contributed by atoms with Gasteiger partial charge in [0.25, 0.3) is 6.47 Å². The molecule has 1 amide bonds. The first-order chi connectivity index (χ1) is 13.6. The highest BCUT2D eigenvalue weighted by atomic mass is 32.1. The lowest BCUT2D eigenvalue weighted by molar-refractivity contribution is -0.123. The van der Waals surface area contributed by atoms with Crippen molar-refractivity contribution in [2.75, 3.05) is 13.1 Å². The van der Waals surface area contributed by atoms with Crippen LogP contribution >= 0.6 is 11.3 Å². The van der Waals surface area contributed by atoms with E-state index in [1.807, 2.05) is 16.8 Å². The van der Waals surface area contributed by atoms with Crippen molar-refractivity contribution in [1.29, 1.82) is 0 Å². The number of aryl methyl sites for hydroxylation is 1.